The molecule has 0 radical (unpaired) electrons. The van der Waals surface area contributed by atoms with Crippen molar-refractivity contribution in [3.8, 4) is 0 Å². The van der Waals surface area contributed by atoms with Gasteiger partial charge in [-0.25, -0.2) is 8.42 Å². The molecular weight excluding hydrogens is 339 g/mol. The first-order valence-corrected chi connectivity index (χ1v) is 8.72. The second kappa shape index (κ2) is 7.19. The SMILES string of the molecule is CC(C)[C@H](C)N(CC(F)(F)F)S(=O)(=O)Cc1ccccc1Cl. The van der Waals surface area contributed by atoms with Crippen LogP contribution in [0.15, 0.2) is 24.3 Å². The Hall–Kier alpha value is -0.790. The predicted molar refractivity (Wildman–Crippen MR) is 81.1 cm³/mol. The molecule has 0 saturated carbocycles. The molecule has 0 saturated heterocycles. The highest BCUT2D eigenvalue weighted by Crippen LogP contribution is 2.26. The average Bonchev–Trinajstić information content (AvgIpc) is 2.36. The van der Waals surface area contributed by atoms with Crippen LogP contribution in [0.2, 0.25) is 5.02 Å². The number of halogens is 4. The molecule has 0 spiro atoms. The van der Waals surface area contributed by atoms with E-state index in [1.165, 1.54) is 19.1 Å². The normalized spacial score (nSPS) is 14.6. The van der Waals surface area contributed by atoms with Gasteiger partial charge < -0.3 is 0 Å². The molecule has 22 heavy (non-hydrogen) atoms. The van der Waals surface area contributed by atoms with E-state index >= 15 is 0 Å². The molecule has 0 aliphatic heterocycles. The second-order valence-corrected chi connectivity index (χ2v) is 7.82. The van der Waals surface area contributed by atoms with E-state index in [9.17, 15) is 21.6 Å². The molecular formula is C14H19ClF3NO2S. The number of hydrogen-bond acceptors (Lipinski definition) is 2. The molecule has 0 aromatic heterocycles. The number of rotatable bonds is 6. The Balaban J connectivity index is 3.13. The lowest BCUT2D eigenvalue weighted by atomic mass is 10.1. The van der Waals surface area contributed by atoms with E-state index in [1.54, 1.807) is 26.0 Å². The van der Waals surface area contributed by atoms with Crippen molar-refractivity contribution in [2.45, 2.75) is 38.7 Å². The molecule has 1 aromatic carbocycles. The van der Waals surface area contributed by atoms with Crippen molar-refractivity contribution in [2.75, 3.05) is 6.54 Å². The Morgan fingerprint density at radius 3 is 2.18 bits per heavy atom. The van der Waals surface area contributed by atoms with Gasteiger partial charge in [-0.15, -0.1) is 0 Å². The molecule has 1 atom stereocenters. The van der Waals surface area contributed by atoms with Crippen molar-refractivity contribution in [1.82, 2.24) is 4.31 Å². The van der Waals surface area contributed by atoms with Crippen LogP contribution in [0.3, 0.4) is 0 Å². The summed E-state index contributed by atoms with van der Waals surface area (Å²) in [5.74, 6) is -0.803. The Morgan fingerprint density at radius 1 is 1.18 bits per heavy atom. The van der Waals surface area contributed by atoms with Gasteiger partial charge in [-0.3, -0.25) is 0 Å². The van der Waals surface area contributed by atoms with Crippen LogP contribution in [-0.2, 0) is 15.8 Å². The molecule has 0 aliphatic carbocycles. The molecule has 0 N–H and O–H groups in total. The van der Waals surface area contributed by atoms with E-state index in [2.05, 4.69) is 0 Å². The number of benzene rings is 1. The molecule has 8 heteroatoms. The summed E-state index contributed by atoms with van der Waals surface area (Å²) in [5.41, 5.74) is 0.285. The molecule has 1 rings (SSSR count). The summed E-state index contributed by atoms with van der Waals surface area (Å²) in [7, 11) is -4.15. The fourth-order valence-electron chi connectivity index (χ4n) is 1.90. The molecule has 3 nitrogen and oxygen atoms in total. The van der Waals surface area contributed by atoms with Crippen molar-refractivity contribution < 1.29 is 21.6 Å². The average molecular weight is 358 g/mol. The first kappa shape index (κ1) is 19.3. The Morgan fingerprint density at radius 2 is 1.73 bits per heavy atom. The fourth-order valence-corrected chi connectivity index (χ4v) is 4.09. The molecule has 0 heterocycles. The summed E-state index contributed by atoms with van der Waals surface area (Å²) >= 11 is 5.91. The lowest BCUT2D eigenvalue weighted by Gasteiger charge is -2.31. The van der Waals surface area contributed by atoms with E-state index in [-0.39, 0.29) is 16.5 Å². The highest BCUT2D eigenvalue weighted by molar-refractivity contribution is 7.88. The highest BCUT2D eigenvalue weighted by atomic mass is 35.5. The predicted octanol–water partition coefficient (Wildman–Crippen LogP) is 4.08. The second-order valence-electron chi connectivity index (χ2n) is 5.49. The maximum absolute atomic E-state index is 12.7. The zero-order chi connectivity index (χ0) is 17.1. The van der Waals surface area contributed by atoms with Crippen molar-refractivity contribution in [3.63, 3.8) is 0 Å². The van der Waals surface area contributed by atoms with Gasteiger partial charge >= 0.3 is 6.18 Å². The van der Waals surface area contributed by atoms with Crippen molar-refractivity contribution in [1.29, 1.82) is 0 Å². The lowest BCUT2D eigenvalue weighted by Crippen LogP contribution is -2.46. The van der Waals surface area contributed by atoms with Gasteiger partial charge in [-0.2, -0.15) is 17.5 Å². The minimum atomic E-state index is -4.60. The van der Waals surface area contributed by atoms with Gasteiger partial charge in [-0.1, -0.05) is 43.6 Å². The third-order valence-electron chi connectivity index (χ3n) is 3.41. The minimum Gasteiger partial charge on any atom is -0.212 e. The molecule has 0 bridgehead atoms. The number of hydrogen-bond donors (Lipinski definition) is 0. The number of alkyl halides is 3. The van der Waals surface area contributed by atoms with Crippen LogP contribution >= 0.6 is 11.6 Å². The minimum absolute atomic E-state index is 0.218. The smallest absolute Gasteiger partial charge is 0.212 e. The van der Waals surface area contributed by atoms with Crippen molar-refractivity contribution in [3.05, 3.63) is 34.9 Å². The molecule has 0 amide bonds. The first-order valence-electron chi connectivity index (χ1n) is 6.73. The summed E-state index contributed by atoms with van der Waals surface area (Å²) in [6.45, 7) is 3.33. The topological polar surface area (TPSA) is 37.4 Å². The fraction of sp³-hybridized carbons (Fsp3) is 0.571. The number of nitrogens with zero attached hydrogens (tertiary/aromatic N) is 1. The Bertz CT molecular complexity index is 602. The third-order valence-corrected chi connectivity index (χ3v) is 5.63. The molecule has 0 aliphatic rings. The maximum Gasteiger partial charge on any atom is 0.402 e. The Labute approximate surface area is 134 Å². The highest BCUT2D eigenvalue weighted by Gasteiger charge is 2.39. The first-order chi connectivity index (χ1) is 9.94. The van der Waals surface area contributed by atoms with Crippen LogP contribution in [0, 0.1) is 5.92 Å². The van der Waals surface area contributed by atoms with Crippen LogP contribution in [0.5, 0.6) is 0 Å². The van der Waals surface area contributed by atoms with Crippen LogP contribution in [0.25, 0.3) is 0 Å². The quantitative estimate of drug-likeness (QED) is 0.769. The van der Waals surface area contributed by atoms with Crippen LogP contribution in [-0.4, -0.2) is 31.5 Å². The maximum atomic E-state index is 12.7. The zero-order valence-corrected chi connectivity index (χ0v) is 14.1. The summed E-state index contributed by atoms with van der Waals surface area (Å²) in [6, 6.07) is 5.45. The van der Waals surface area contributed by atoms with Gasteiger partial charge in [0.05, 0.1) is 5.75 Å². The van der Waals surface area contributed by atoms with E-state index in [0.717, 1.165) is 0 Å². The summed E-state index contributed by atoms with van der Waals surface area (Å²) in [5, 5.41) is 0.218. The standard InChI is InChI=1S/C14H19ClF3NO2S/c1-10(2)11(3)19(9-14(16,17)18)22(20,21)8-12-6-4-5-7-13(12)15/h4-7,10-11H,8-9H2,1-3H3/t11-/m0/s1. The van der Waals surface area contributed by atoms with Crippen molar-refractivity contribution >= 4 is 21.6 Å². The van der Waals surface area contributed by atoms with Gasteiger partial charge in [0.1, 0.15) is 6.54 Å². The lowest BCUT2D eigenvalue weighted by molar-refractivity contribution is -0.140. The molecule has 0 unspecified atom stereocenters. The van der Waals surface area contributed by atoms with Gasteiger partial charge in [0.2, 0.25) is 10.0 Å². The van der Waals surface area contributed by atoms with Crippen LogP contribution < -0.4 is 0 Å². The summed E-state index contributed by atoms with van der Waals surface area (Å²) in [4.78, 5) is 0. The van der Waals surface area contributed by atoms with Crippen LogP contribution in [0.4, 0.5) is 13.2 Å². The van der Waals surface area contributed by atoms with E-state index in [4.69, 9.17) is 11.6 Å². The largest absolute Gasteiger partial charge is 0.402 e. The van der Waals surface area contributed by atoms with Crippen molar-refractivity contribution in [2.24, 2.45) is 5.92 Å². The van der Waals surface area contributed by atoms with Gasteiger partial charge in [0.25, 0.3) is 0 Å². The number of sulfonamides is 1. The summed E-state index contributed by atoms with van der Waals surface area (Å²) in [6.07, 6.45) is -4.60. The van der Waals surface area contributed by atoms with Crippen LogP contribution in [0.1, 0.15) is 26.3 Å². The van der Waals surface area contributed by atoms with Gasteiger partial charge in [0, 0.05) is 11.1 Å². The molecule has 1 aromatic rings. The monoisotopic (exact) mass is 357 g/mol. The van der Waals surface area contributed by atoms with Gasteiger partial charge in [-0.05, 0) is 24.5 Å². The van der Waals surface area contributed by atoms with Gasteiger partial charge in [0.15, 0.2) is 0 Å². The van der Waals surface area contributed by atoms with E-state index in [1.807, 2.05) is 0 Å². The summed E-state index contributed by atoms with van der Waals surface area (Å²) < 4.78 is 63.6. The molecule has 0 fully saturated rings. The molecule has 126 valence electrons. The zero-order valence-electron chi connectivity index (χ0n) is 12.6. The van der Waals surface area contributed by atoms with E-state index < -0.39 is 34.5 Å². The third kappa shape index (κ3) is 5.44. The Kier molecular flexibility index (Phi) is 6.29. The van der Waals surface area contributed by atoms with E-state index in [0.29, 0.717) is 4.31 Å².